The number of esters is 1. The number of hydrogen-bond donors (Lipinski definition) is 2. The van der Waals surface area contributed by atoms with Crippen LogP contribution >= 0.6 is 0 Å². The number of aromatic nitrogens is 1. The van der Waals surface area contributed by atoms with Gasteiger partial charge in [0.05, 0.1) is 0 Å². The topological polar surface area (TPSA) is 102 Å². The first-order valence-corrected chi connectivity index (χ1v) is 8.37. The number of ether oxygens (including phenoxy) is 1. The molecule has 1 fully saturated rings. The van der Waals surface area contributed by atoms with Crippen LogP contribution in [-0.2, 0) is 14.8 Å². The third-order valence-electron chi connectivity index (χ3n) is 3.79. The number of sulfonamides is 1. The number of rotatable bonds is 4. The summed E-state index contributed by atoms with van der Waals surface area (Å²) < 4.78 is 27.7. The van der Waals surface area contributed by atoms with Crippen LogP contribution in [0.2, 0.25) is 0 Å². The zero-order valence-corrected chi connectivity index (χ0v) is 12.3. The molecule has 0 aliphatic heterocycles. The van der Waals surface area contributed by atoms with Gasteiger partial charge >= 0.3 is 5.97 Å². The number of carbonyl (C=O) groups excluding carboxylic acids is 1. The van der Waals surface area contributed by atoms with E-state index in [0.29, 0.717) is 5.92 Å². The zero-order valence-electron chi connectivity index (χ0n) is 11.5. The molecular formula is C13H20N2O4S. The van der Waals surface area contributed by atoms with Crippen molar-refractivity contribution in [3.05, 3.63) is 18.0 Å². The van der Waals surface area contributed by atoms with Crippen molar-refractivity contribution in [3.8, 4) is 0 Å². The van der Waals surface area contributed by atoms with Crippen molar-refractivity contribution in [1.82, 2.24) is 4.98 Å². The van der Waals surface area contributed by atoms with Crippen LogP contribution in [0, 0.1) is 5.92 Å². The van der Waals surface area contributed by atoms with E-state index in [-0.39, 0.29) is 16.7 Å². The zero-order chi connectivity index (χ0) is 14.8. The summed E-state index contributed by atoms with van der Waals surface area (Å²) in [5.41, 5.74) is 0.118. The fraction of sp³-hybridized carbons (Fsp3) is 0.615. The van der Waals surface area contributed by atoms with Crippen LogP contribution in [0.15, 0.2) is 17.2 Å². The third-order valence-corrected chi connectivity index (χ3v) is 4.68. The van der Waals surface area contributed by atoms with E-state index >= 15 is 0 Å². The summed E-state index contributed by atoms with van der Waals surface area (Å²) in [5, 5.41) is 4.99. The Kier molecular flexibility index (Phi) is 4.49. The Labute approximate surface area is 118 Å². The lowest BCUT2D eigenvalue weighted by Crippen LogP contribution is -2.25. The molecule has 0 saturated heterocycles. The van der Waals surface area contributed by atoms with Gasteiger partial charge in [0.15, 0.2) is 0 Å². The summed E-state index contributed by atoms with van der Waals surface area (Å²) in [7, 11) is -3.80. The number of H-pyrrole nitrogens is 1. The molecule has 1 aliphatic carbocycles. The lowest BCUT2D eigenvalue weighted by molar-refractivity contribution is 0.0134. The Morgan fingerprint density at radius 2 is 2.25 bits per heavy atom. The number of hydrogen-bond acceptors (Lipinski definition) is 4. The van der Waals surface area contributed by atoms with Gasteiger partial charge in [-0.25, -0.2) is 18.4 Å². The Morgan fingerprint density at radius 3 is 2.85 bits per heavy atom. The smallest absolute Gasteiger partial charge is 0.355 e. The minimum Gasteiger partial charge on any atom is -0.458 e. The van der Waals surface area contributed by atoms with Crippen LogP contribution in [-0.4, -0.2) is 25.5 Å². The summed E-state index contributed by atoms with van der Waals surface area (Å²) in [6.07, 6.45) is 6.19. The molecule has 1 saturated carbocycles. The monoisotopic (exact) mass is 300 g/mol. The van der Waals surface area contributed by atoms with Gasteiger partial charge in [-0.1, -0.05) is 19.8 Å². The van der Waals surface area contributed by atoms with Gasteiger partial charge in [-0.15, -0.1) is 0 Å². The maximum absolute atomic E-state index is 12.0. The van der Waals surface area contributed by atoms with Crippen LogP contribution < -0.4 is 5.14 Å². The van der Waals surface area contributed by atoms with Gasteiger partial charge in [0.1, 0.15) is 16.7 Å². The lowest BCUT2D eigenvalue weighted by atomic mass is 9.85. The van der Waals surface area contributed by atoms with E-state index in [1.54, 1.807) is 0 Å². The molecule has 1 heterocycles. The summed E-state index contributed by atoms with van der Waals surface area (Å²) in [4.78, 5) is 14.4. The average molecular weight is 300 g/mol. The van der Waals surface area contributed by atoms with Gasteiger partial charge in [-0.3, -0.25) is 0 Å². The highest BCUT2D eigenvalue weighted by atomic mass is 32.2. The molecule has 0 amide bonds. The molecule has 2 atom stereocenters. The summed E-state index contributed by atoms with van der Waals surface area (Å²) in [5.74, 6) is 0.0758. The van der Waals surface area contributed by atoms with Crippen molar-refractivity contribution in [2.75, 3.05) is 0 Å². The van der Waals surface area contributed by atoms with E-state index in [9.17, 15) is 13.2 Å². The van der Waals surface area contributed by atoms with Crippen LogP contribution in [0.25, 0.3) is 0 Å². The van der Waals surface area contributed by atoms with E-state index in [1.165, 1.54) is 18.7 Å². The van der Waals surface area contributed by atoms with E-state index in [1.807, 2.05) is 0 Å². The van der Waals surface area contributed by atoms with E-state index in [4.69, 9.17) is 9.88 Å². The Balaban J connectivity index is 2.00. The molecule has 0 aromatic carbocycles. The second-order valence-electron chi connectivity index (χ2n) is 5.26. The van der Waals surface area contributed by atoms with Gasteiger partial charge in [0.2, 0.25) is 10.0 Å². The quantitative estimate of drug-likeness (QED) is 0.827. The SMILES string of the molecule is CCC1CCCC(OC(=O)c2cc(S(N)(=O)=O)c[nH]2)C1. The Morgan fingerprint density at radius 1 is 1.50 bits per heavy atom. The van der Waals surface area contributed by atoms with Crippen LogP contribution in [0.3, 0.4) is 0 Å². The van der Waals surface area contributed by atoms with Gasteiger partial charge < -0.3 is 9.72 Å². The minimum absolute atomic E-state index is 0.0811. The second kappa shape index (κ2) is 5.97. The average Bonchev–Trinajstić information content (AvgIpc) is 2.88. The molecule has 0 bridgehead atoms. The number of carbonyl (C=O) groups is 1. The van der Waals surface area contributed by atoms with Crippen LogP contribution in [0.1, 0.15) is 49.5 Å². The molecule has 7 heteroatoms. The maximum atomic E-state index is 12.0. The van der Waals surface area contributed by atoms with E-state index in [0.717, 1.165) is 25.7 Å². The number of primary sulfonamides is 1. The van der Waals surface area contributed by atoms with Gasteiger partial charge in [0.25, 0.3) is 0 Å². The molecular weight excluding hydrogens is 280 g/mol. The van der Waals surface area contributed by atoms with Crippen molar-refractivity contribution in [2.24, 2.45) is 11.1 Å². The van der Waals surface area contributed by atoms with Gasteiger partial charge in [-0.05, 0) is 31.2 Å². The first-order chi connectivity index (χ1) is 9.40. The Bertz CT molecular complexity index is 579. The summed E-state index contributed by atoms with van der Waals surface area (Å²) in [6.45, 7) is 2.14. The fourth-order valence-corrected chi connectivity index (χ4v) is 3.10. The molecule has 112 valence electrons. The Hall–Kier alpha value is -1.34. The molecule has 1 aromatic rings. The maximum Gasteiger partial charge on any atom is 0.355 e. The first-order valence-electron chi connectivity index (χ1n) is 6.82. The largest absolute Gasteiger partial charge is 0.458 e. The first kappa shape index (κ1) is 15.1. The molecule has 6 nitrogen and oxygen atoms in total. The molecule has 20 heavy (non-hydrogen) atoms. The normalized spacial score (nSPS) is 23.5. The van der Waals surface area contributed by atoms with Crippen molar-refractivity contribution < 1.29 is 17.9 Å². The van der Waals surface area contributed by atoms with Crippen molar-refractivity contribution in [2.45, 2.75) is 50.0 Å². The molecule has 2 rings (SSSR count). The predicted molar refractivity (Wildman–Crippen MR) is 73.6 cm³/mol. The highest BCUT2D eigenvalue weighted by molar-refractivity contribution is 7.89. The molecule has 0 radical (unpaired) electrons. The van der Waals surface area contributed by atoms with Gasteiger partial charge in [0, 0.05) is 6.20 Å². The third kappa shape index (κ3) is 3.61. The number of aromatic amines is 1. The van der Waals surface area contributed by atoms with E-state index in [2.05, 4.69) is 11.9 Å². The molecule has 1 aromatic heterocycles. The highest BCUT2D eigenvalue weighted by Gasteiger charge is 2.25. The highest BCUT2D eigenvalue weighted by Crippen LogP contribution is 2.28. The van der Waals surface area contributed by atoms with E-state index < -0.39 is 16.0 Å². The molecule has 2 unspecified atom stereocenters. The molecule has 3 N–H and O–H groups in total. The fourth-order valence-electron chi connectivity index (χ4n) is 2.59. The standard InChI is InChI=1S/C13H20N2O4S/c1-2-9-4-3-5-10(6-9)19-13(16)12-7-11(8-15-12)20(14,17)18/h7-10,15H,2-6H2,1H3,(H2,14,17,18). The van der Waals surface area contributed by atoms with Crippen molar-refractivity contribution >= 4 is 16.0 Å². The minimum atomic E-state index is -3.80. The van der Waals surface area contributed by atoms with Gasteiger partial charge in [-0.2, -0.15) is 0 Å². The van der Waals surface area contributed by atoms with Crippen LogP contribution in [0.4, 0.5) is 0 Å². The predicted octanol–water partition coefficient (Wildman–Crippen LogP) is 1.79. The van der Waals surface area contributed by atoms with Crippen molar-refractivity contribution in [1.29, 1.82) is 0 Å². The number of nitrogens with two attached hydrogens (primary N) is 1. The lowest BCUT2D eigenvalue weighted by Gasteiger charge is -2.27. The molecule has 1 aliphatic rings. The van der Waals surface area contributed by atoms with Crippen molar-refractivity contribution in [3.63, 3.8) is 0 Å². The second-order valence-corrected chi connectivity index (χ2v) is 6.82. The molecule has 0 spiro atoms. The summed E-state index contributed by atoms with van der Waals surface area (Å²) >= 11 is 0. The summed E-state index contributed by atoms with van der Waals surface area (Å²) in [6, 6.07) is 1.21. The number of nitrogens with one attached hydrogen (secondary N) is 1. The van der Waals surface area contributed by atoms with Crippen LogP contribution in [0.5, 0.6) is 0 Å².